The van der Waals surface area contributed by atoms with Crippen LogP contribution >= 0.6 is 11.8 Å². The maximum atomic E-state index is 5.78. The van der Waals surface area contributed by atoms with Crippen molar-refractivity contribution in [1.29, 1.82) is 0 Å². The standard InChI is InChI=1S/C11H17N5O2S/c1-7(2)16-10(12)13-14-11(16)19-6-8-4-9(5-17-3)18-15-8/h4,7H,5-6H2,1-3H3,(H2,12,13). The second-order valence-corrected chi connectivity index (χ2v) is 5.25. The van der Waals surface area contributed by atoms with Gasteiger partial charge < -0.3 is 15.0 Å². The van der Waals surface area contributed by atoms with Gasteiger partial charge in [-0.05, 0) is 13.8 Å². The number of ether oxygens (including phenoxy) is 1. The number of nitrogens with zero attached hydrogens (tertiary/aromatic N) is 4. The summed E-state index contributed by atoms with van der Waals surface area (Å²) in [5.41, 5.74) is 6.62. The van der Waals surface area contributed by atoms with E-state index in [-0.39, 0.29) is 6.04 Å². The van der Waals surface area contributed by atoms with Crippen LogP contribution in [0.4, 0.5) is 5.95 Å². The molecule has 2 aromatic rings. The van der Waals surface area contributed by atoms with Crippen molar-refractivity contribution in [2.75, 3.05) is 12.8 Å². The Morgan fingerprint density at radius 1 is 1.47 bits per heavy atom. The van der Waals surface area contributed by atoms with Gasteiger partial charge in [0.05, 0.1) is 5.69 Å². The molecule has 0 aliphatic heterocycles. The molecule has 0 radical (unpaired) electrons. The first-order chi connectivity index (χ1) is 9.11. The van der Waals surface area contributed by atoms with Crippen molar-refractivity contribution in [2.24, 2.45) is 0 Å². The first kappa shape index (κ1) is 13.9. The summed E-state index contributed by atoms with van der Waals surface area (Å²) in [5, 5.41) is 12.7. The molecule has 0 aliphatic carbocycles. The molecule has 104 valence electrons. The third kappa shape index (κ3) is 3.27. The van der Waals surface area contributed by atoms with E-state index in [0.29, 0.717) is 24.1 Å². The van der Waals surface area contributed by atoms with Crippen LogP contribution in [0.3, 0.4) is 0 Å². The molecule has 0 atom stereocenters. The summed E-state index contributed by atoms with van der Waals surface area (Å²) in [6, 6.07) is 2.09. The maximum Gasteiger partial charge on any atom is 0.222 e. The summed E-state index contributed by atoms with van der Waals surface area (Å²) in [4.78, 5) is 0. The number of thioether (sulfide) groups is 1. The Morgan fingerprint density at radius 2 is 2.26 bits per heavy atom. The quantitative estimate of drug-likeness (QED) is 0.809. The van der Waals surface area contributed by atoms with Crippen LogP contribution in [0, 0.1) is 0 Å². The minimum Gasteiger partial charge on any atom is -0.377 e. The van der Waals surface area contributed by atoms with Crippen molar-refractivity contribution in [3.63, 3.8) is 0 Å². The lowest BCUT2D eigenvalue weighted by molar-refractivity contribution is 0.156. The zero-order valence-corrected chi connectivity index (χ0v) is 12.0. The Hall–Kier alpha value is -1.54. The molecule has 0 spiro atoms. The third-order valence-corrected chi connectivity index (χ3v) is 3.43. The van der Waals surface area contributed by atoms with Crippen LogP contribution in [0.1, 0.15) is 31.3 Å². The molecule has 0 saturated carbocycles. The molecule has 0 unspecified atom stereocenters. The summed E-state index contributed by atoms with van der Waals surface area (Å²) >= 11 is 1.53. The fourth-order valence-electron chi connectivity index (χ4n) is 1.64. The SMILES string of the molecule is COCc1cc(CSc2nnc(N)n2C(C)C)no1. The smallest absolute Gasteiger partial charge is 0.222 e. The number of hydrogen-bond donors (Lipinski definition) is 1. The summed E-state index contributed by atoms with van der Waals surface area (Å²) in [7, 11) is 1.62. The van der Waals surface area contributed by atoms with E-state index in [1.165, 1.54) is 11.8 Å². The molecule has 0 aliphatic rings. The van der Waals surface area contributed by atoms with Crippen molar-refractivity contribution in [3.05, 3.63) is 17.5 Å². The molecule has 0 bridgehead atoms. The van der Waals surface area contributed by atoms with Gasteiger partial charge in [-0.25, -0.2) is 0 Å². The highest BCUT2D eigenvalue weighted by Gasteiger charge is 2.14. The van der Waals surface area contributed by atoms with Gasteiger partial charge in [0.2, 0.25) is 5.95 Å². The lowest BCUT2D eigenvalue weighted by Crippen LogP contribution is -2.07. The van der Waals surface area contributed by atoms with Gasteiger partial charge >= 0.3 is 0 Å². The average molecular weight is 283 g/mol. The lowest BCUT2D eigenvalue weighted by atomic mass is 10.4. The van der Waals surface area contributed by atoms with Crippen LogP contribution in [0.5, 0.6) is 0 Å². The van der Waals surface area contributed by atoms with Crippen molar-refractivity contribution >= 4 is 17.7 Å². The number of methoxy groups -OCH3 is 1. The van der Waals surface area contributed by atoms with E-state index in [1.54, 1.807) is 7.11 Å². The van der Waals surface area contributed by atoms with Gasteiger partial charge in [-0.3, -0.25) is 4.57 Å². The van der Waals surface area contributed by atoms with E-state index < -0.39 is 0 Å². The van der Waals surface area contributed by atoms with Gasteiger partial charge in [-0.1, -0.05) is 16.9 Å². The highest BCUT2D eigenvalue weighted by Crippen LogP contribution is 2.25. The fraction of sp³-hybridized carbons (Fsp3) is 0.545. The monoisotopic (exact) mass is 283 g/mol. The highest BCUT2D eigenvalue weighted by molar-refractivity contribution is 7.98. The topological polar surface area (TPSA) is 92.0 Å². The fourth-order valence-corrected chi connectivity index (χ4v) is 2.60. The van der Waals surface area contributed by atoms with Crippen molar-refractivity contribution in [3.8, 4) is 0 Å². The Kier molecular flexibility index (Phi) is 4.43. The third-order valence-electron chi connectivity index (χ3n) is 2.45. The van der Waals surface area contributed by atoms with Crippen molar-refractivity contribution in [1.82, 2.24) is 19.9 Å². The molecule has 19 heavy (non-hydrogen) atoms. The molecule has 7 nitrogen and oxygen atoms in total. The van der Waals surface area contributed by atoms with E-state index in [4.69, 9.17) is 15.0 Å². The zero-order valence-electron chi connectivity index (χ0n) is 11.2. The van der Waals surface area contributed by atoms with E-state index >= 15 is 0 Å². The first-order valence-electron chi connectivity index (χ1n) is 5.88. The van der Waals surface area contributed by atoms with Crippen LogP contribution in [-0.2, 0) is 17.1 Å². The Labute approximate surface area is 115 Å². The van der Waals surface area contributed by atoms with Crippen LogP contribution in [0.25, 0.3) is 0 Å². The number of nitrogen functional groups attached to an aromatic ring is 1. The molecule has 0 amide bonds. The number of nitrogens with two attached hydrogens (primary N) is 1. The second-order valence-electron chi connectivity index (χ2n) is 4.31. The van der Waals surface area contributed by atoms with Crippen LogP contribution < -0.4 is 5.73 Å². The summed E-state index contributed by atoms with van der Waals surface area (Å²) in [6.07, 6.45) is 0. The molecule has 2 N–H and O–H groups in total. The number of aromatic nitrogens is 4. The molecular weight excluding hydrogens is 266 g/mol. The van der Waals surface area contributed by atoms with Crippen molar-refractivity contribution < 1.29 is 9.26 Å². The van der Waals surface area contributed by atoms with Gasteiger partial charge in [-0.15, -0.1) is 10.2 Å². The lowest BCUT2D eigenvalue weighted by Gasteiger charge is -2.10. The minimum absolute atomic E-state index is 0.221. The molecule has 0 saturated heterocycles. The average Bonchev–Trinajstić information content (AvgIpc) is 2.94. The predicted octanol–water partition coefficient (Wildman–Crippen LogP) is 1.87. The van der Waals surface area contributed by atoms with Gasteiger partial charge in [0, 0.05) is 25.0 Å². The van der Waals surface area contributed by atoms with E-state index in [0.717, 1.165) is 10.9 Å². The summed E-state index contributed by atoms with van der Waals surface area (Å²) in [5.74, 6) is 1.79. The molecule has 0 aromatic carbocycles. The summed E-state index contributed by atoms with van der Waals surface area (Å²) < 4.78 is 12.0. The highest BCUT2D eigenvalue weighted by atomic mass is 32.2. The number of anilines is 1. The molecule has 2 aromatic heterocycles. The molecule has 2 rings (SSSR count). The van der Waals surface area contributed by atoms with Gasteiger partial charge in [-0.2, -0.15) is 0 Å². The molecule has 0 fully saturated rings. The molecule has 8 heteroatoms. The second kappa shape index (κ2) is 6.07. The van der Waals surface area contributed by atoms with Crippen LogP contribution in [0.15, 0.2) is 15.7 Å². The maximum absolute atomic E-state index is 5.78. The van der Waals surface area contributed by atoms with E-state index in [1.807, 2.05) is 24.5 Å². The minimum atomic E-state index is 0.221. The Balaban J connectivity index is 2.02. The van der Waals surface area contributed by atoms with Crippen LogP contribution in [0.2, 0.25) is 0 Å². The largest absolute Gasteiger partial charge is 0.377 e. The van der Waals surface area contributed by atoms with Crippen molar-refractivity contribution in [2.45, 2.75) is 37.4 Å². The number of rotatable bonds is 6. The van der Waals surface area contributed by atoms with Gasteiger partial charge in [0.1, 0.15) is 6.61 Å². The molecule has 2 heterocycles. The molecular formula is C11H17N5O2S. The first-order valence-corrected chi connectivity index (χ1v) is 6.87. The Bertz CT molecular complexity index is 537. The number of hydrogen-bond acceptors (Lipinski definition) is 7. The van der Waals surface area contributed by atoms with E-state index in [9.17, 15) is 0 Å². The van der Waals surface area contributed by atoms with Crippen LogP contribution in [-0.4, -0.2) is 27.0 Å². The van der Waals surface area contributed by atoms with Gasteiger partial charge in [0.25, 0.3) is 0 Å². The Morgan fingerprint density at radius 3 is 2.95 bits per heavy atom. The van der Waals surface area contributed by atoms with E-state index in [2.05, 4.69) is 15.4 Å². The van der Waals surface area contributed by atoms with Gasteiger partial charge in [0.15, 0.2) is 10.9 Å². The zero-order chi connectivity index (χ0) is 13.8. The normalized spacial score (nSPS) is 11.4. The summed E-state index contributed by atoms with van der Waals surface area (Å²) in [6.45, 7) is 4.50. The predicted molar refractivity (Wildman–Crippen MR) is 71.6 cm³/mol.